The van der Waals surface area contributed by atoms with Crippen molar-refractivity contribution in [3.05, 3.63) is 302 Å². The van der Waals surface area contributed by atoms with Crippen LogP contribution in [-0.2, 0) is 0 Å². The first-order valence-corrected chi connectivity index (χ1v) is 32.8. The van der Waals surface area contributed by atoms with Gasteiger partial charge in [-0.1, -0.05) is 188 Å². The Kier molecular flexibility index (Phi) is 12.2. The molecule has 7 aromatic heterocycles. The first-order chi connectivity index (χ1) is 46.9. The zero-order valence-corrected chi connectivity index (χ0v) is 52.0. The van der Waals surface area contributed by atoms with Gasteiger partial charge in [0.15, 0.2) is 34.7 Å². The molecule has 0 amide bonds. The number of para-hydroxylation sites is 2. The van der Waals surface area contributed by atoms with E-state index in [4.69, 9.17) is 37.5 Å². The van der Waals surface area contributed by atoms with E-state index in [1.165, 1.54) is 47.1 Å². The van der Waals surface area contributed by atoms with E-state index in [-0.39, 0.29) is 0 Å². The maximum absolute atomic E-state index is 7.49. The van der Waals surface area contributed by atoms with E-state index < -0.39 is 0 Å². The fourth-order valence-electron chi connectivity index (χ4n) is 13.9. The standard InChI is InChI=1S/C45H24N4S2.C39H22N4O/c1-46-31-18-14-26(15-19-31)29-16-20-41-36(23-29)42-43(51-41)45(48-44(47-42)30-17-21-40-35(24-30)33-11-5-7-13-39(33)50-40)49-37-12-6-4-10-32(37)34-22-27-8-2-3-9-28(27)25-38(34)49;1-40-29-15-9-14-25(20-29)28-18-19-35-32(22-28)36-38(41-37(42-39(36)44-35)24-10-3-2-4-11-24)43-33-17-8-7-16-30(33)31-21-26-12-5-6-13-27(26)23-34(31)43/h2-25H;2-23H. The molecule has 13 aromatic carbocycles. The average molecular weight is 1250 g/mol. The van der Waals surface area contributed by atoms with Crippen molar-refractivity contribution in [1.82, 2.24) is 29.1 Å². The molecule has 0 unspecified atom stereocenters. The number of thiophene rings is 2. The number of benzene rings is 13. The van der Waals surface area contributed by atoms with Crippen LogP contribution in [0, 0.1) is 13.1 Å². The minimum absolute atomic E-state index is 0.530. The van der Waals surface area contributed by atoms with Crippen LogP contribution in [0.4, 0.5) is 11.4 Å². The van der Waals surface area contributed by atoms with Gasteiger partial charge in [0.25, 0.3) is 0 Å². The van der Waals surface area contributed by atoms with E-state index in [0.717, 1.165) is 120 Å². The smallest absolute Gasteiger partial charge is 0.233 e. The number of nitrogens with zero attached hydrogens (tertiary/aromatic N) is 8. The molecule has 0 aliphatic carbocycles. The summed E-state index contributed by atoms with van der Waals surface area (Å²) in [5.41, 5.74) is 13.9. The van der Waals surface area contributed by atoms with Crippen LogP contribution in [0.3, 0.4) is 0 Å². The predicted octanol–water partition coefficient (Wildman–Crippen LogP) is 23.9. The average Bonchev–Trinajstić information content (AvgIpc) is 1.56. The van der Waals surface area contributed by atoms with Gasteiger partial charge in [-0.25, -0.2) is 24.6 Å². The Morgan fingerprint density at radius 1 is 0.316 bits per heavy atom. The number of furan rings is 1. The Hall–Kier alpha value is -12.6. The molecule has 0 aliphatic rings. The van der Waals surface area contributed by atoms with Crippen molar-refractivity contribution >= 4 is 162 Å². The Bertz CT molecular complexity index is 6700. The van der Waals surface area contributed by atoms with Crippen molar-refractivity contribution in [3.8, 4) is 56.7 Å². The molecule has 440 valence electrons. The number of fused-ring (bicyclic) bond motifs is 17. The lowest BCUT2D eigenvalue weighted by Gasteiger charge is -2.11. The molecular weight excluding hydrogens is 1200 g/mol. The van der Waals surface area contributed by atoms with Crippen molar-refractivity contribution in [3.63, 3.8) is 0 Å². The lowest BCUT2D eigenvalue weighted by Crippen LogP contribution is -2.02. The topological polar surface area (TPSA) is 83.3 Å². The second-order valence-electron chi connectivity index (χ2n) is 23.9. The fraction of sp³-hybridized carbons (Fsp3) is 0. The Balaban J connectivity index is 0.000000136. The summed E-state index contributed by atoms with van der Waals surface area (Å²) >= 11 is 3.56. The van der Waals surface area contributed by atoms with Crippen molar-refractivity contribution in [2.75, 3.05) is 0 Å². The van der Waals surface area contributed by atoms with Gasteiger partial charge in [-0.05, 0) is 135 Å². The van der Waals surface area contributed by atoms with Crippen LogP contribution in [0.1, 0.15) is 0 Å². The second-order valence-corrected chi connectivity index (χ2v) is 26.0. The predicted molar refractivity (Wildman–Crippen MR) is 395 cm³/mol. The lowest BCUT2D eigenvalue weighted by molar-refractivity contribution is 0.653. The summed E-state index contributed by atoms with van der Waals surface area (Å²) in [6, 6.07) is 96.9. The first-order valence-electron chi connectivity index (χ1n) is 31.2. The van der Waals surface area contributed by atoms with Crippen LogP contribution in [0.25, 0.3) is 194 Å². The highest BCUT2D eigenvalue weighted by molar-refractivity contribution is 7.26. The van der Waals surface area contributed by atoms with Crippen LogP contribution in [-0.4, -0.2) is 29.1 Å². The molecule has 0 spiro atoms. The highest BCUT2D eigenvalue weighted by Gasteiger charge is 2.25. The Morgan fingerprint density at radius 3 is 1.54 bits per heavy atom. The third kappa shape index (κ3) is 8.80. The minimum Gasteiger partial charge on any atom is -0.437 e. The molecule has 20 aromatic rings. The number of hydrogen-bond donors (Lipinski definition) is 0. The largest absolute Gasteiger partial charge is 0.437 e. The molecule has 7 heterocycles. The summed E-state index contributed by atoms with van der Waals surface area (Å²) in [4.78, 5) is 28.4. The highest BCUT2D eigenvalue weighted by Crippen LogP contribution is 2.46. The third-order valence-corrected chi connectivity index (χ3v) is 20.7. The molecule has 0 aliphatic heterocycles. The van der Waals surface area contributed by atoms with Gasteiger partial charge in [0.1, 0.15) is 5.58 Å². The molecule has 0 N–H and O–H groups in total. The van der Waals surface area contributed by atoms with Crippen molar-refractivity contribution in [2.24, 2.45) is 0 Å². The summed E-state index contributed by atoms with van der Waals surface area (Å²) in [7, 11) is 0. The van der Waals surface area contributed by atoms with Gasteiger partial charge in [0.05, 0.1) is 50.8 Å². The van der Waals surface area contributed by atoms with Crippen LogP contribution in [0.5, 0.6) is 0 Å². The normalized spacial score (nSPS) is 11.8. The Morgan fingerprint density at radius 2 is 0.832 bits per heavy atom. The monoisotopic (exact) mass is 1250 g/mol. The van der Waals surface area contributed by atoms with Crippen LogP contribution in [0.2, 0.25) is 0 Å². The summed E-state index contributed by atoms with van der Waals surface area (Å²) in [6.07, 6.45) is 0. The first kappa shape index (κ1) is 54.1. The molecule has 0 radical (unpaired) electrons. The van der Waals surface area contributed by atoms with Gasteiger partial charge in [-0.2, -0.15) is 4.98 Å². The van der Waals surface area contributed by atoms with Crippen LogP contribution in [0.15, 0.2) is 283 Å². The van der Waals surface area contributed by atoms with E-state index in [0.29, 0.717) is 28.7 Å². The van der Waals surface area contributed by atoms with Gasteiger partial charge in [-0.15, -0.1) is 22.7 Å². The zero-order valence-electron chi connectivity index (χ0n) is 50.4. The van der Waals surface area contributed by atoms with E-state index in [1.807, 2.05) is 102 Å². The molecule has 0 saturated carbocycles. The van der Waals surface area contributed by atoms with Crippen molar-refractivity contribution in [2.45, 2.75) is 0 Å². The molecule has 20 rings (SSSR count). The van der Waals surface area contributed by atoms with Gasteiger partial charge < -0.3 is 4.42 Å². The third-order valence-electron chi connectivity index (χ3n) is 18.4. The van der Waals surface area contributed by atoms with E-state index in [1.54, 1.807) is 11.3 Å². The summed E-state index contributed by atoms with van der Waals surface area (Å²) < 4.78 is 15.8. The SMILES string of the molecule is [C-]#[N+]c1ccc(-c2ccc3sc4c(-n5c6ccccc6c6cc7ccccc7cc65)nc(-c5ccc6sc7ccccc7c6c5)nc4c3c2)cc1.[C-]#[N+]c1cccc(-c2ccc3oc4nc(-c5ccccc5)nc(-n5c6ccccc6c6cc7ccccc7cc65)c4c3c2)c1. The molecule has 0 saturated heterocycles. The van der Waals surface area contributed by atoms with Crippen molar-refractivity contribution in [1.29, 1.82) is 0 Å². The summed E-state index contributed by atoms with van der Waals surface area (Å²) in [5.74, 6) is 2.95. The summed E-state index contributed by atoms with van der Waals surface area (Å²) in [5, 5.41) is 14.8. The molecule has 0 bridgehead atoms. The van der Waals surface area contributed by atoms with E-state index >= 15 is 0 Å². The number of rotatable bonds is 6. The second kappa shape index (κ2) is 21.5. The molecular formula is C84H46N8OS2. The number of aromatic nitrogens is 6. The van der Waals surface area contributed by atoms with E-state index in [2.05, 4.69) is 207 Å². The highest BCUT2D eigenvalue weighted by atomic mass is 32.1. The maximum atomic E-state index is 7.49. The Labute approximate surface area is 550 Å². The van der Waals surface area contributed by atoms with Crippen LogP contribution >= 0.6 is 22.7 Å². The van der Waals surface area contributed by atoms with Gasteiger partial charge in [0.2, 0.25) is 5.71 Å². The summed E-state index contributed by atoms with van der Waals surface area (Å²) in [6.45, 7) is 14.9. The fourth-order valence-corrected chi connectivity index (χ4v) is 16.1. The van der Waals surface area contributed by atoms with Crippen LogP contribution < -0.4 is 0 Å². The minimum atomic E-state index is 0.530. The van der Waals surface area contributed by atoms with Gasteiger partial charge in [-0.3, -0.25) is 9.13 Å². The quantitative estimate of drug-likeness (QED) is 0.155. The molecule has 0 atom stereocenters. The molecule has 11 heteroatoms. The van der Waals surface area contributed by atoms with Gasteiger partial charge in [0, 0.05) is 68.3 Å². The van der Waals surface area contributed by atoms with Crippen molar-refractivity contribution < 1.29 is 4.42 Å². The number of hydrogen-bond acceptors (Lipinski definition) is 7. The lowest BCUT2D eigenvalue weighted by atomic mass is 10.0. The van der Waals surface area contributed by atoms with Gasteiger partial charge >= 0.3 is 0 Å². The molecule has 95 heavy (non-hydrogen) atoms. The molecule has 0 fully saturated rings. The zero-order chi connectivity index (χ0) is 62.8. The maximum Gasteiger partial charge on any atom is 0.233 e. The molecule has 9 nitrogen and oxygen atoms in total. The van der Waals surface area contributed by atoms with E-state index in [9.17, 15) is 0 Å².